The number of hydrogen-bond donors (Lipinski definition) is 1. The van der Waals surface area contributed by atoms with Crippen LogP contribution in [0.15, 0.2) is 48.5 Å². The maximum absolute atomic E-state index is 12.9. The first-order chi connectivity index (χ1) is 12.2. The van der Waals surface area contributed by atoms with Crippen LogP contribution < -0.4 is 5.32 Å². The number of hydrogen-bond acceptors (Lipinski definition) is 2. The molecule has 3 aromatic rings. The highest BCUT2D eigenvalue weighted by molar-refractivity contribution is 5.81. The molecule has 0 saturated heterocycles. The quantitative estimate of drug-likeness (QED) is 0.711. The zero-order valence-electron chi connectivity index (χ0n) is 14.3. The van der Waals surface area contributed by atoms with Crippen molar-refractivity contribution in [1.82, 2.24) is 14.9 Å². The molecule has 130 valence electrons. The molecule has 2 aromatic carbocycles. The minimum atomic E-state index is -0.277. The van der Waals surface area contributed by atoms with Crippen molar-refractivity contribution < 1.29 is 9.18 Å². The predicted octanol–water partition coefficient (Wildman–Crippen LogP) is 3.83. The number of aryl methyl sites for hydroxylation is 1. The van der Waals surface area contributed by atoms with E-state index in [9.17, 15) is 9.18 Å². The van der Waals surface area contributed by atoms with Crippen molar-refractivity contribution in [2.75, 3.05) is 0 Å². The first-order valence-corrected chi connectivity index (χ1v) is 8.62. The van der Waals surface area contributed by atoms with Crippen molar-refractivity contribution in [3.05, 3.63) is 65.7 Å². The SMILES string of the molecule is CCCCc1nc2ccccc2n1CC(=O)NCc1ccc(F)cc1. The second-order valence-electron chi connectivity index (χ2n) is 6.11. The standard InChI is InChI=1S/C20H22FN3O/c1-2-3-8-19-23-17-6-4-5-7-18(17)24(19)14-20(25)22-13-15-9-11-16(21)12-10-15/h4-7,9-12H,2-3,8,13-14H2,1H3,(H,22,25). The number of carbonyl (C=O) groups is 1. The van der Waals surface area contributed by atoms with Gasteiger partial charge in [-0.2, -0.15) is 0 Å². The Bertz CT molecular complexity index is 855. The molecule has 5 heteroatoms. The van der Waals surface area contributed by atoms with Gasteiger partial charge < -0.3 is 9.88 Å². The maximum atomic E-state index is 12.9. The Morgan fingerprint density at radius 2 is 1.92 bits per heavy atom. The number of imidazole rings is 1. The third kappa shape index (κ3) is 4.24. The molecule has 0 bridgehead atoms. The van der Waals surface area contributed by atoms with Crippen LogP contribution in [0.3, 0.4) is 0 Å². The molecule has 25 heavy (non-hydrogen) atoms. The molecule has 0 aliphatic heterocycles. The van der Waals surface area contributed by atoms with Gasteiger partial charge in [0.15, 0.2) is 0 Å². The van der Waals surface area contributed by atoms with Gasteiger partial charge in [-0.25, -0.2) is 9.37 Å². The fourth-order valence-corrected chi connectivity index (χ4v) is 2.83. The van der Waals surface area contributed by atoms with Crippen molar-refractivity contribution in [1.29, 1.82) is 0 Å². The summed E-state index contributed by atoms with van der Waals surface area (Å²) in [5.41, 5.74) is 2.77. The molecule has 1 aromatic heterocycles. The molecule has 0 aliphatic carbocycles. The number of fused-ring (bicyclic) bond motifs is 1. The number of halogens is 1. The lowest BCUT2D eigenvalue weighted by molar-refractivity contribution is -0.121. The van der Waals surface area contributed by atoms with Gasteiger partial charge in [-0.15, -0.1) is 0 Å². The highest BCUT2D eigenvalue weighted by atomic mass is 19.1. The van der Waals surface area contributed by atoms with Gasteiger partial charge in [0.1, 0.15) is 18.2 Å². The fraction of sp³-hybridized carbons (Fsp3) is 0.300. The molecule has 1 heterocycles. The van der Waals surface area contributed by atoms with E-state index in [1.807, 2.05) is 28.8 Å². The fourth-order valence-electron chi connectivity index (χ4n) is 2.83. The largest absolute Gasteiger partial charge is 0.350 e. The molecule has 0 atom stereocenters. The molecule has 0 aliphatic rings. The summed E-state index contributed by atoms with van der Waals surface area (Å²) >= 11 is 0. The van der Waals surface area contributed by atoms with Crippen molar-refractivity contribution in [3.8, 4) is 0 Å². The Balaban J connectivity index is 1.72. The van der Waals surface area contributed by atoms with Crippen molar-refractivity contribution in [2.24, 2.45) is 0 Å². The van der Waals surface area contributed by atoms with Crippen LogP contribution in [0.1, 0.15) is 31.2 Å². The highest BCUT2D eigenvalue weighted by Gasteiger charge is 2.13. The zero-order chi connectivity index (χ0) is 17.6. The van der Waals surface area contributed by atoms with Gasteiger partial charge in [-0.05, 0) is 36.2 Å². The van der Waals surface area contributed by atoms with Crippen LogP contribution in [-0.2, 0) is 24.3 Å². The molecule has 4 nitrogen and oxygen atoms in total. The van der Waals surface area contributed by atoms with Crippen LogP contribution in [0.4, 0.5) is 4.39 Å². The number of nitrogens with zero attached hydrogens (tertiary/aromatic N) is 2. The minimum Gasteiger partial charge on any atom is -0.350 e. The number of unbranched alkanes of at least 4 members (excludes halogenated alkanes) is 1. The summed E-state index contributed by atoms with van der Waals surface area (Å²) in [5.74, 6) is 0.589. The highest BCUT2D eigenvalue weighted by Crippen LogP contribution is 2.17. The van der Waals surface area contributed by atoms with Gasteiger partial charge in [0, 0.05) is 13.0 Å². The topological polar surface area (TPSA) is 46.9 Å². The van der Waals surface area contributed by atoms with E-state index < -0.39 is 0 Å². The number of nitrogens with one attached hydrogen (secondary N) is 1. The third-order valence-corrected chi connectivity index (χ3v) is 4.19. The van der Waals surface area contributed by atoms with E-state index >= 15 is 0 Å². The average molecular weight is 339 g/mol. The third-order valence-electron chi connectivity index (χ3n) is 4.19. The van der Waals surface area contributed by atoms with E-state index in [0.717, 1.165) is 41.7 Å². The summed E-state index contributed by atoms with van der Waals surface area (Å²) in [5, 5.41) is 2.89. The Kier molecular flexibility index (Phi) is 5.43. The smallest absolute Gasteiger partial charge is 0.240 e. The lowest BCUT2D eigenvalue weighted by atomic mass is 10.2. The molecule has 0 unspecified atom stereocenters. The van der Waals surface area contributed by atoms with E-state index in [0.29, 0.717) is 6.54 Å². The van der Waals surface area contributed by atoms with Crippen LogP contribution in [-0.4, -0.2) is 15.5 Å². The normalized spacial score (nSPS) is 11.0. The Morgan fingerprint density at radius 3 is 2.68 bits per heavy atom. The van der Waals surface area contributed by atoms with Crippen molar-refractivity contribution >= 4 is 16.9 Å². The van der Waals surface area contributed by atoms with Gasteiger partial charge in [-0.3, -0.25) is 4.79 Å². The molecular weight excluding hydrogens is 317 g/mol. The second-order valence-corrected chi connectivity index (χ2v) is 6.11. The van der Waals surface area contributed by atoms with Crippen LogP contribution in [0.5, 0.6) is 0 Å². The summed E-state index contributed by atoms with van der Waals surface area (Å²) < 4.78 is 14.9. The number of para-hydroxylation sites is 2. The molecule has 0 fully saturated rings. The van der Waals surface area contributed by atoms with Crippen LogP contribution in [0.25, 0.3) is 11.0 Å². The molecule has 1 amide bonds. The number of amides is 1. The van der Waals surface area contributed by atoms with Gasteiger partial charge in [0.05, 0.1) is 11.0 Å². The lowest BCUT2D eigenvalue weighted by Crippen LogP contribution is -2.27. The molecule has 3 rings (SSSR count). The van der Waals surface area contributed by atoms with E-state index in [-0.39, 0.29) is 18.3 Å². The van der Waals surface area contributed by atoms with Crippen molar-refractivity contribution in [2.45, 2.75) is 39.3 Å². The molecule has 0 spiro atoms. The van der Waals surface area contributed by atoms with E-state index in [1.54, 1.807) is 12.1 Å². The van der Waals surface area contributed by atoms with Crippen LogP contribution >= 0.6 is 0 Å². The summed E-state index contributed by atoms with van der Waals surface area (Å²) in [6.45, 7) is 2.76. The molecule has 1 N–H and O–H groups in total. The predicted molar refractivity (Wildman–Crippen MR) is 96.6 cm³/mol. The lowest BCUT2D eigenvalue weighted by Gasteiger charge is -2.10. The Hall–Kier alpha value is -2.69. The van der Waals surface area contributed by atoms with Gasteiger partial charge in [-0.1, -0.05) is 37.6 Å². The second kappa shape index (κ2) is 7.92. The summed E-state index contributed by atoms with van der Waals surface area (Å²) in [4.78, 5) is 17.1. The summed E-state index contributed by atoms with van der Waals surface area (Å²) in [6, 6.07) is 14.0. The maximum Gasteiger partial charge on any atom is 0.240 e. The molecule has 0 radical (unpaired) electrons. The zero-order valence-corrected chi connectivity index (χ0v) is 14.3. The molecular formula is C20H22FN3O. The Labute approximate surface area is 146 Å². The Morgan fingerprint density at radius 1 is 1.16 bits per heavy atom. The monoisotopic (exact) mass is 339 g/mol. The van der Waals surface area contributed by atoms with Gasteiger partial charge >= 0.3 is 0 Å². The average Bonchev–Trinajstić information content (AvgIpc) is 2.97. The van der Waals surface area contributed by atoms with Crippen molar-refractivity contribution in [3.63, 3.8) is 0 Å². The number of aromatic nitrogens is 2. The minimum absolute atomic E-state index is 0.0785. The van der Waals surface area contributed by atoms with Crippen LogP contribution in [0, 0.1) is 5.82 Å². The summed E-state index contributed by atoms with van der Waals surface area (Å²) in [6.07, 6.45) is 2.98. The first kappa shape index (κ1) is 17.1. The first-order valence-electron chi connectivity index (χ1n) is 8.62. The molecule has 0 saturated carbocycles. The van der Waals surface area contributed by atoms with E-state index in [1.165, 1.54) is 12.1 Å². The van der Waals surface area contributed by atoms with E-state index in [4.69, 9.17) is 0 Å². The number of carbonyl (C=O) groups excluding carboxylic acids is 1. The van der Waals surface area contributed by atoms with Crippen LogP contribution in [0.2, 0.25) is 0 Å². The van der Waals surface area contributed by atoms with E-state index in [2.05, 4.69) is 17.2 Å². The number of benzene rings is 2. The summed E-state index contributed by atoms with van der Waals surface area (Å²) in [7, 11) is 0. The number of rotatable bonds is 7. The van der Waals surface area contributed by atoms with Gasteiger partial charge in [0.25, 0.3) is 0 Å². The van der Waals surface area contributed by atoms with Gasteiger partial charge in [0.2, 0.25) is 5.91 Å².